The first-order chi connectivity index (χ1) is 7.36. The van der Waals surface area contributed by atoms with Gasteiger partial charge in [0.2, 0.25) is 0 Å². The monoisotopic (exact) mass is 240 g/mol. The number of hydrogen-bond acceptors (Lipinski definition) is 2. The van der Waals surface area contributed by atoms with Gasteiger partial charge in [0.1, 0.15) is 5.82 Å². The molecule has 0 N–H and O–H groups in total. The molecule has 0 amide bonds. The molecule has 0 bridgehead atoms. The third kappa shape index (κ3) is 3.11. The molecule has 0 fully saturated rings. The summed E-state index contributed by atoms with van der Waals surface area (Å²) in [5.74, 6) is 1.52. The maximum Gasteiger partial charge on any atom is 0.128 e. The van der Waals surface area contributed by atoms with E-state index >= 15 is 0 Å². The smallest absolute Gasteiger partial charge is 0.128 e. The fourth-order valence-corrected chi connectivity index (χ4v) is 1.64. The largest absolute Gasteiger partial charge is 0.356 e. The molecule has 1 heterocycles. The van der Waals surface area contributed by atoms with E-state index < -0.39 is 0 Å². The first kappa shape index (κ1) is 13.3. The summed E-state index contributed by atoms with van der Waals surface area (Å²) >= 11 is 5.74. The molecule has 0 radical (unpaired) electrons. The number of anilines is 1. The third-order valence-corrected chi connectivity index (χ3v) is 3.47. The molecule has 1 aromatic heterocycles. The molecule has 0 aliphatic rings. The van der Waals surface area contributed by atoms with Gasteiger partial charge in [-0.1, -0.05) is 26.8 Å². The lowest BCUT2D eigenvalue weighted by atomic mass is 9.87. The van der Waals surface area contributed by atoms with Crippen LogP contribution < -0.4 is 4.90 Å². The molecule has 2 nitrogen and oxygen atoms in total. The van der Waals surface area contributed by atoms with Crippen LogP contribution in [-0.4, -0.2) is 18.1 Å². The van der Waals surface area contributed by atoms with E-state index in [0.717, 1.165) is 11.4 Å². The van der Waals surface area contributed by atoms with Gasteiger partial charge in [0.15, 0.2) is 0 Å². The molecule has 0 aromatic carbocycles. The minimum atomic E-state index is 0.238. The summed E-state index contributed by atoms with van der Waals surface area (Å²) in [6.07, 6.45) is 1.84. The quantitative estimate of drug-likeness (QED) is 0.750. The first-order valence-electron chi connectivity index (χ1n) is 5.60. The lowest BCUT2D eigenvalue weighted by Crippen LogP contribution is -2.39. The van der Waals surface area contributed by atoms with Gasteiger partial charge in [0, 0.05) is 25.2 Å². The van der Waals surface area contributed by atoms with Crippen LogP contribution in [0.5, 0.6) is 0 Å². The van der Waals surface area contributed by atoms with Crippen molar-refractivity contribution in [2.75, 3.05) is 11.9 Å². The van der Waals surface area contributed by atoms with Gasteiger partial charge in [-0.05, 0) is 24.0 Å². The van der Waals surface area contributed by atoms with Crippen LogP contribution in [-0.2, 0) is 5.88 Å². The Labute approximate surface area is 104 Å². The van der Waals surface area contributed by atoms with E-state index in [-0.39, 0.29) is 5.41 Å². The minimum absolute atomic E-state index is 0.238. The minimum Gasteiger partial charge on any atom is -0.356 e. The topological polar surface area (TPSA) is 16.1 Å². The molecule has 0 aliphatic carbocycles. The van der Waals surface area contributed by atoms with Crippen LogP contribution in [0.1, 0.15) is 33.3 Å². The summed E-state index contributed by atoms with van der Waals surface area (Å²) in [6.45, 7) is 8.93. The van der Waals surface area contributed by atoms with Gasteiger partial charge in [-0.25, -0.2) is 4.98 Å². The Kier molecular flexibility index (Phi) is 4.20. The highest BCUT2D eigenvalue weighted by atomic mass is 35.5. The second-order valence-corrected chi connectivity index (χ2v) is 5.58. The van der Waals surface area contributed by atoms with Gasteiger partial charge in [-0.3, -0.25) is 0 Å². The number of aromatic nitrogens is 1. The van der Waals surface area contributed by atoms with Gasteiger partial charge in [0.25, 0.3) is 0 Å². The zero-order valence-corrected chi connectivity index (χ0v) is 11.5. The van der Waals surface area contributed by atoms with Crippen LogP contribution in [0.25, 0.3) is 0 Å². The zero-order valence-electron chi connectivity index (χ0n) is 10.8. The molecule has 90 valence electrons. The van der Waals surface area contributed by atoms with Crippen molar-refractivity contribution in [1.29, 1.82) is 0 Å². The predicted molar refractivity (Wildman–Crippen MR) is 71.1 cm³/mol. The lowest BCUT2D eigenvalue weighted by Gasteiger charge is -2.36. The Morgan fingerprint density at radius 1 is 1.38 bits per heavy atom. The van der Waals surface area contributed by atoms with Gasteiger partial charge >= 0.3 is 0 Å². The van der Waals surface area contributed by atoms with E-state index in [1.165, 1.54) is 0 Å². The molecule has 0 saturated heterocycles. The Morgan fingerprint density at radius 3 is 2.38 bits per heavy atom. The highest BCUT2D eigenvalue weighted by Gasteiger charge is 2.24. The zero-order chi connectivity index (χ0) is 12.3. The lowest BCUT2D eigenvalue weighted by molar-refractivity contribution is 0.328. The van der Waals surface area contributed by atoms with Gasteiger partial charge < -0.3 is 4.90 Å². The number of nitrogens with zero attached hydrogens (tertiary/aromatic N) is 2. The summed E-state index contributed by atoms with van der Waals surface area (Å²) < 4.78 is 0. The Bertz CT molecular complexity index is 327. The van der Waals surface area contributed by atoms with Crippen molar-refractivity contribution in [3.8, 4) is 0 Å². The van der Waals surface area contributed by atoms with Crippen molar-refractivity contribution in [1.82, 2.24) is 4.98 Å². The molecule has 1 aromatic rings. The van der Waals surface area contributed by atoms with Crippen molar-refractivity contribution in [3.05, 3.63) is 23.9 Å². The van der Waals surface area contributed by atoms with E-state index in [9.17, 15) is 0 Å². The van der Waals surface area contributed by atoms with E-state index in [1.54, 1.807) is 0 Å². The van der Waals surface area contributed by atoms with Crippen molar-refractivity contribution in [3.63, 3.8) is 0 Å². The number of alkyl halides is 1. The van der Waals surface area contributed by atoms with E-state index in [0.29, 0.717) is 11.9 Å². The SMILES string of the molecule is CC(N(C)c1ccc(CCl)cn1)C(C)(C)C. The average molecular weight is 241 g/mol. The van der Waals surface area contributed by atoms with Crippen LogP contribution in [0.4, 0.5) is 5.82 Å². The van der Waals surface area contributed by atoms with Crippen molar-refractivity contribution in [2.24, 2.45) is 5.41 Å². The van der Waals surface area contributed by atoms with Gasteiger partial charge in [0.05, 0.1) is 0 Å². The molecular formula is C13H21ClN2. The van der Waals surface area contributed by atoms with E-state index in [1.807, 2.05) is 18.3 Å². The predicted octanol–water partition coefficient (Wildman–Crippen LogP) is 3.69. The standard InChI is InChI=1S/C13H21ClN2/c1-10(13(2,3)4)16(5)12-7-6-11(8-14)9-15-12/h6-7,9-10H,8H2,1-5H3. The number of pyridine rings is 1. The van der Waals surface area contributed by atoms with E-state index in [4.69, 9.17) is 11.6 Å². The normalized spacial score (nSPS) is 13.6. The van der Waals surface area contributed by atoms with Crippen LogP contribution >= 0.6 is 11.6 Å². The summed E-state index contributed by atoms with van der Waals surface area (Å²) in [5, 5.41) is 0. The highest BCUT2D eigenvalue weighted by molar-refractivity contribution is 6.17. The fourth-order valence-electron chi connectivity index (χ4n) is 1.48. The average Bonchev–Trinajstić information content (AvgIpc) is 2.26. The molecular weight excluding hydrogens is 220 g/mol. The number of halogens is 1. The molecule has 0 aliphatic heterocycles. The second kappa shape index (κ2) is 5.05. The van der Waals surface area contributed by atoms with Gasteiger partial charge in [-0.15, -0.1) is 11.6 Å². The Balaban J connectivity index is 2.84. The molecule has 0 spiro atoms. The molecule has 0 saturated carbocycles. The summed E-state index contributed by atoms with van der Waals surface area (Å²) in [6, 6.07) is 4.49. The van der Waals surface area contributed by atoms with Crippen LogP contribution in [0, 0.1) is 5.41 Å². The maximum atomic E-state index is 5.74. The number of rotatable bonds is 3. The van der Waals surface area contributed by atoms with Crippen molar-refractivity contribution in [2.45, 2.75) is 39.6 Å². The maximum absolute atomic E-state index is 5.74. The van der Waals surface area contributed by atoms with Crippen LogP contribution in [0.3, 0.4) is 0 Å². The summed E-state index contributed by atoms with van der Waals surface area (Å²) in [5.41, 5.74) is 1.30. The van der Waals surface area contributed by atoms with Crippen molar-refractivity contribution >= 4 is 17.4 Å². The Morgan fingerprint density at radius 2 is 2.00 bits per heavy atom. The molecule has 1 unspecified atom stereocenters. The summed E-state index contributed by atoms with van der Waals surface area (Å²) in [7, 11) is 2.08. The first-order valence-corrected chi connectivity index (χ1v) is 6.13. The van der Waals surface area contributed by atoms with E-state index in [2.05, 4.69) is 44.6 Å². The summed E-state index contributed by atoms with van der Waals surface area (Å²) in [4.78, 5) is 6.63. The third-order valence-electron chi connectivity index (χ3n) is 3.16. The van der Waals surface area contributed by atoms with Gasteiger partial charge in [-0.2, -0.15) is 0 Å². The number of hydrogen-bond donors (Lipinski definition) is 0. The molecule has 16 heavy (non-hydrogen) atoms. The molecule has 1 rings (SSSR count). The van der Waals surface area contributed by atoms with Crippen molar-refractivity contribution < 1.29 is 0 Å². The highest BCUT2D eigenvalue weighted by Crippen LogP contribution is 2.26. The van der Waals surface area contributed by atoms with Crippen LogP contribution in [0.15, 0.2) is 18.3 Å². The second-order valence-electron chi connectivity index (χ2n) is 5.31. The fraction of sp³-hybridized carbons (Fsp3) is 0.615. The molecule has 3 heteroatoms. The molecule has 1 atom stereocenters. The Hall–Kier alpha value is -0.760. The van der Waals surface area contributed by atoms with Crippen LogP contribution in [0.2, 0.25) is 0 Å².